The average molecular weight is 437 g/mol. The number of ether oxygens (including phenoxy) is 2. The number of amides is 1. The minimum absolute atomic E-state index is 0.148. The molecule has 31 heavy (non-hydrogen) atoms. The molecule has 1 aromatic rings. The Labute approximate surface area is 185 Å². The molecule has 2 rings (SSSR count). The maximum Gasteiger partial charge on any atom is 0.334 e. The van der Waals surface area contributed by atoms with Crippen LogP contribution in [0.25, 0.3) is 0 Å². The standard InChI is InChI=1S/C23H36N2O6/c1-17-14-18(2)20(19(3)15-17)16-21(26)25(31-13-7-12-28-4)23(22(27)29-5)8-10-24(30-6)11-9-23/h14-15H,7-13,16H2,1-6H3. The first-order valence-electron chi connectivity index (χ1n) is 10.7. The van der Waals surface area contributed by atoms with Crippen LogP contribution in [-0.2, 0) is 35.2 Å². The highest BCUT2D eigenvalue weighted by atomic mass is 16.7. The van der Waals surface area contributed by atoms with E-state index in [1.807, 2.05) is 20.8 Å². The second-order valence-electron chi connectivity index (χ2n) is 8.06. The zero-order valence-electron chi connectivity index (χ0n) is 19.7. The number of hydroxylamine groups is 4. The van der Waals surface area contributed by atoms with Crippen LogP contribution in [0, 0.1) is 20.8 Å². The minimum atomic E-state index is -1.19. The fourth-order valence-electron chi connectivity index (χ4n) is 4.22. The summed E-state index contributed by atoms with van der Waals surface area (Å²) < 4.78 is 10.2. The largest absolute Gasteiger partial charge is 0.467 e. The molecule has 1 amide bonds. The van der Waals surface area contributed by atoms with Crippen LogP contribution in [0.5, 0.6) is 0 Å². The summed E-state index contributed by atoms with van der Waals surface area (Å²) in [5.41, 5.74) is 3.01. The number of carbonyl (C=O) groups excluding carboxylic acids is 2. The van der Waals surface area contributed by atoms with Crippen molar-refractivity contribution in [3.8, 4) is 0 Å². The molecular weight excluding hydrogens is 400 g/mol. The Bertz CT molecular complexity index is 735. The van der Waals surface area contributed by atoms with Gasteiger partial charge in [-0.25, -0.2) is 9.86 Å². The van der Waals surface area contributed by atoms with Gasteiger partial charge in [-0.3, -0.25) is 9.63 Å². The molecule has 8 nitrogen and oxygen atoms in total. The Morgan fingerprint density at radius 1 is 1.03 bits per heavy atom. The predicted octanol–water partition coefficient (Wildman–Crippen LogP) is 2.52. The van der Waals surface area contributed by atoms with Crippen molar-refractivity contribution in [1.29, 1.82) is 0 Å². The van der Waals surface area contributed by atoms with Gasteiger partial charge in [0, 0.05) is 26.8 Å². The molecule has 1 aliphatic heterocycles. The maximum absolute atomic E-state index is 13.6. The van der Waals surface area contributed by atoms with E-state index in [-0.39, 0.29) is 18.9 Å². The Kier molecular flexibility index (Phi) is 9.43. The van der Waals surface area contributed by atoms with Gasteiger partial charge in [-0.2, -0.15) is 5.06 Å². The number of rotatable bonds is 10. The third-order valence-electron chi connectivity index (χ3n) is 5.87. The van der Waals surface area contributed by atoms with Crippen molar-refractivity contribution in [2.45, 2.75) is 52.0 Å². The maximum atomic E-state index is 13.6. The van der Waals surface area contributed by atoms with E-state index in [1.165, 1.54) is 12.2 Å². The van der Waals surface area contributed by atoms with Crippen LogP contribution in [0.3, 0.4) is 0 Å². The van der Waals surface area contributed by atoms with Gasteiger partial charge < -0.3 is 14.3 Å². The molecule has 1 fully saturated rings. The van der Waals surface area contributed by atoms with Gasteiger partial charge in [0.15, 0.2) is 5.54 Å². The summed E-state index contributed by atoms with van der Waals surface area (Å²) in [4.78, 5) is 37.8. The van der Waals surface area contributed by atoms with Gasteiger partial charge in [0.1, 0.15) is 0 Å². The summed E-state index contributed by atoms with van der Waals surface area (Å²) in [6.45, 7) is 7.77. The molecule has 0 N–H and O–H groups in total. The number of piperidine rings is 1. The Morgan fingerprint density at radius 2 is 1.65 bits per heavy atom. The Morgan fingerprint density at radius 3 is 2.16 bits per heavy atom. The number of esters is 1. The number of nitrogens with zero attached hydrogens (tertiary/aromatic N) is 2. The van der Waals surface area contributed by atoms with Gasteiger partial charge in [0.05, 0.1) is 27.2 Å². The molecule has 8 heteroatoms. The monoisotopic (exact) mass is 436 g/mol. The van der Waals surface area contributed by atoms with Crippen molar-refractivity contribution >= 4 is 11.9 Å². The van der Waals surface area contributed by atoms with Crippen molar-refractivity contribution < 1.29 is 28.7 Å². The van der Waals surface area contributed by atoms with Crippen LogP contribution in [0.2, 0.25) is 0 Å². The lowest BCUT2D eigenvalue weighted by atomic mass is 9.86. The molecule has 0 spiro atoms. The number of hydrogen-bond acceptors (Lipinski definition) is 7. The molecule has 1 saturated heterocycles. The summed E-state index contributed by atoms with van der Waals surface area (Å²) in [7, 11) is 4.55. The molecule has 1 aromatic carbocycles. The molecule has 0 bridgehead atoms. The van der Waals surface area contributed by atoms with E-state index in [2.05, 4.69) is 12.1 Å². The third kappa shape index (κ3) is 6.04. The fraction of sp³-hybridized carbons (Fsp3) is 0.652. The van der Waals surface area contributed by atoms with E-state index >= 15 is 0 Å². The first-order valence-corrected chi connectivity index (χ1v) is 10.7. The van der Waals surface area contributed by atoms with E-state index in [9.17, 15) is 9.59 Å². The van der Waals surface area contributed by atoms with Gasteiger partial charge in [0.2, 0.25) is 0 Å². The predicted molar refractivity (Wildman–Crippen MR) is 116 cm³/mol. The van der Waals surface area contributed by atoms with Crippen LogP contribution < -0.4 is 0 Å². The van der Waals surface area contributed by atoms with Crippen molar-refractivity contribution in [3.05, 3.63) is 34.4 Å². The molecule has 0 aliphatic carbocycles. The summed E-state index contributed by atoms with van der Waals surface area (Å²) in [5, 5.41) is 3.04. The third-order valence-corrected chi connectivity index (χ3v) is 5.87. The highest BCUT2D eigenvalue weighted by Crippen LogP contribution is 2.32. The lowest BCUT2D eigenvalue weighted by molar-refractivity contribution is -0.248. The summed E-state index contributed by atoms with van der Waals surface area (Å²) in [5.74, 6) is -0.732. The van der Waals surface area contributed by atoms with Gasteiger partial charge >= 0.3 is 5.97 Å². The smallest absolute Gasteiger partial charge is 0.334 e. The van der Waals surface area contributed by atoms with E-state index in [1.54, 1.807) is 19.3 Å². The summed E-state index contributed by atoms with van der Waals surface area (Å²) in [6, 6.07) is 4.12. The zero-order chi connectivity index (χ0) is 23.0. The molecule has 1 heterocycles. The van der Waals surface area contributed by atoms with Crippen molar-refractivity contribution in [2.75, 3.05) is 47.6 Å². The number of aryl methyl sites for hydroxylation is 3. The number of hydrogen-bond donors (Lipinski definition) is 0. The Hall–Kier alpha value is -2.00. The van der Waals surface area contributed by atoms with Crippen LogP contribution in [0.4, 0.5) is 0 Å². The number of carbonyl (C=O) groups is 2. The SMILES string of the molecule is COCCCON(C(=O)Cc1c(C)cc(C)cc1C)C1(C(=O)OC)CCN(OC)CC1. The summed E-state index contributed by atoms with van der Waals surface area (Å²) >= 11 is 0. The number of benzene rings is 1. The van der Waals surface area contributed by atoms with Crippen molar-refractivity contribution in [3.63, 3.8) is 0 Å². The molecule has 174 valence electrons. The minimum Gasteiger partial charge on any atom is -0.467 e. The average Bonchev–Trinajstić information content (AvgIpc) is 2.75. The summed E-state index contributed by atoms with van der Waals surface area (Å²) in [6.07, 6.45) is 1.46. The zero-order valence-corrected chi connectivity index (χ0v) is 19.7. The van der Waals surface area contributed by atoms with Crippen LogP contribution >= 0.6 is 0 Å². The molecule has 0 saturated carbocycles. The molecule has 1 aliphatic rings. The highest BCUT2D eigenvalue weighted by molar-refractivity contribution is 5.88. The second kappa shape index (κ2) is 11.6. The lowest BCUT2D eigenvalue weighted by Gasteiger charge is -2.44. The molecule has 0 aromatic heterocycles. The lowest BCUT2D eigenvalue weighted by Crippen LogP contribution is -2.62. The normalized spacial score (nSPS) is 16.2. The Balaban J connectivity index is 2.35. The molecule has 0 radical (unpaired) electrons. The van der Waals surface area contributed by atoms with Gasteiger partial charge in [-0.1, -0.05) is 17.7 Å². The van der Waals surface area contributed by atoms with E-state index < -0.39 is 11.5 Å². The van der Waals surface area contributed by atoms with E-state index in [0.717, 1.165) is 22.3 Å². The van der Waals surface area contributed by atoms with E-state index in [0.29, 0.717) is 39.0 Å². The molecule has 0 atom stereocenters. The highest BCUT2D eigenvalue weighted by Gasteiger charge is 2.51. The van der Waals surface area contributed by atoms with Crippen molar-refractivity contribution in [1.82, 2.24) is 10.1 Å². The topological polar surface area (TPSA) is 77.5 Å². The van der Waals surface area contributed by atoms with Crippen LogP contribution in [-0.4, -0.2) is 75.2 Å². The van der Waals surface area contributed by atoms with Crippen molar-refractivity contribution in [2.24, 2.45) is 0 Å². The van der Waals surface area contributed by atoms with Gasteiger partial charge in [0.25, 0.3) is 5.91 Å². The second-order valence-corrected chi connectivity index (χ2v) is 8.06. The van der Waals surface area contributed by atoms with E-state index in [4.69, 9.17) is 19.1 Å². The fourth-order valence-corrected chi connectivity index (χ4v) is 4.22. The van der Waals surface area contributed by atoms with Gasteiger partial charge in [-0.15, -0.1) is 0 Å². The molecular formula is C23H36N2O6. The quantitative estimate of drug-likeness (QED) is 0.317. The molecule has 0 unspecified atom stereocenters. The van der Waals surface area contributed by atoms with Crippen LogP contribution in [0.1, 0.15) is 41.5 Å². The number of methoxy groups -OCH3 is 2. The first-order chi connectivity index (χ1) is 14.8. The van der Waals surface area contributed by atoms with Gasteiger partial charge in [-0.05, 0) is 56.7 Å². The first kappa shape index (κ1) is 25.3. The van der Waals surface area contributed by atoms with Crippen LogP contribution in [0.15, 0.2) is 12.1 Å².